The van der Waals surface area contributed by atoms with E-state index in [1.165, 1.54) is 0 Å². The smallest absolute Gasteiger partial charge is 0.216 e. The lowest BCUT2D eigenvalue weighted by Gasteiger charge is -2.20. The summed E-state index contributed by atoms with van der Waals surface area (Å²) in [5.41, 5.74) is 2.68. The van der Waals surface area contributed by atoms with E-state index < -0.39 is 0 Å². The second kappa shape index (κ2) is 7.97. The first kappa shape index (κ1) is 17.9. The fourth-order valence-electron chi connectivity index (χ4n) is 2.71. The van der Waals surface area contributed by atoms with E-state index in [0.717, 1.165) is 24.3 Å². The van der Waals surface area contributed by atoms with Crippen LogP contribution in [-0.4, -0.2) is 39.3 Å². The number of nitrogens with one attached hydrogen (secondary N) is 1. The van der Waals surface area contributed by atoms with Gasteiger partial charge in [0.2, 0.25) is 4.77 Å². The number of rotatable bonds is 6. The van der Waals surface area contributed by atoms with Crippen LogP contribution in [0.1, 0.15) is 19.4 Å². The van der Waals surface area contributed by atoms with Gasteiger partial charge in [-0.2, -0.15) is 14.9 Å². The number of phenols is 1. The molecule has 0 aliphatic carbocycles. The number of para-hydroxylation sites is 1. The summed E-state index contributed by atoms with van der Waals surface area (Å²) in [5.74, 6) is 0.782. The number of hydrogen-bond acceptors (Lipinski definition) is 5. The van der Waals surface area contributed by atoms with Gasteiger partial charge in [-0.15, -0.1) is 0 Å². The summed E-state index contributed by atoms with van der Waals surface area (Å²) >= 11 is 5.29. The van der Waals surface area contributed by atoms with Gasteiger partial charge in [0.1, 0.15) is 5.75 Å². The molecule has 0 saturated carbocycles. The maximum Gasteiger partial charge on any atom is 0.216 e. The van der Waals surface area contributed by atoms with Crippen molar-refractivity contribution in [2.24, 2.45) is 5.10 Å². The highest BCUT2D eigenvalue weighted by Crippen LogP contribution is 2.22. The van der Waals surface area contributed by atoms with E-state index in [1.54, 1.807) is 29.1 Å². The number of benzene rings is 2. The van der Waals surface area contributed by atoms with Crippen molar-refractivity contribution >= 4 is 24.1 Å². The van der Waals surface area contributed by atoms with Crippen molar-refractivity contribution in [3.63, 3.8) is 0 Å². The van der Waals surface area contributed by atoms with Crippen molar-refractivity contribution in [1.82, 2.24) is 14.9 Å². The quantitative estimate of drug-likeness (QED) is 0.509. The molecule has 0 unspecified atom stereocenters. The summed E-state index contributed by atoms with van der Waals surface area (Å²) in [6.07, 6.45) is 1.56. The first-order chi connectivity index (χ1) is 12.6. The number of phenolic OH excluding ortho intramolecular Hbond substituents is 1. The van der Waals surface area contributed by atoms with Crippen LogP contribution in [0.2, 0.25) is 0 Å². The van der Waals surface area contributed by atoms with Gasteiger partial charge < -0.3 is 10.0 Å². The van der Waals surface area contributed by atoms with E-state index in [9.17, 15) is 5.11 Å². The first-order valence-electron chi connectivity index (χ1n) is 8.49. The van der Waals surface area contributed by atoms with Crippen LogP contribution in [0.5, 0.6) is 5.75 Å². The van der Waals surface area contributed by atoms with Gasteiger partial charge in [-0.05, 0) is 62.5 Å². The number of anilines is 1. The highest BCUT2D eigenvalue weighted by atomic mass is 32.1. The summed E-state index contributed by atoms with van der Waals surface area (Å²) in [7, 11) is 0. The Morgan fingerprint density at radius 2 is 1.85 bits per heavy atom. The topological polar surface area (TPSA) is 69.4 Å². The molecule has 134 valence electrons. The van der Waals surface area contributed by atoms with Crippen LogP contribution >= 0.6 is 12.2 Å². The molecule has 2 N–H and O–H groups in total. The summed E-state index contributed by atoms with van der Waals surface area (Å²) < 4.78 is 1.94. The van der Waals surface area contributed by atoms with Crippen LogP contribution in [0.15, 0.2) is 53.6 Å². The molecule has 7 heteroatoms. The van der Waals surface area contributed by atoms with Crippen LogP contribution in [0, 0.1) is 4.77 Å². The monoisotopic (exact) mass is 367 g/mol. The van der Waals surface area contributed by atoms with Crippen molar-refractivity contribution in [3.8, 4) is 17.1 Å². The molecule has 0 aliphatic heterocycles. The molecule has 1 aromatic heterocycles. The van der Waals surface area contributed by atoms with Gasteiger partial charge in [0.15, 0.2) is 5.82 Å². The first-order valence-corrected chi connectivity index (χ1v) is 8.90. The van der Waals surface area contributed by atoms with Crippen LogP contribution in [0.3, 0.4) is 0 Å². The molecule has 0 radical (unpaired) electrons. The van der Waals surface area contributed by atoms with Gasteiger partial charge in [0.25, 0.3) is 0 Å². The maximum atomic E-state index is 9.87. The summed E-state index contributed by atoms with van der Waals surface area (Å²) in [4.78, 5) is 2.28. The molecule has 0 spiro atoms. The maximum absolute atomic E-state index is 9.87. The number of H-pyrrole nitrogens is 1. The minimum absolute atomic E-state index is 0.163. The Balaban J connectivity index is 1.93. The van der Waals surface area contributed by atoms with Crippen molar-refractivity contribution in [2.75, 3.05) is 18.0 Å². The van der Waals surface area contributed by atoms with Crippen molar-refractivity contribution < 1.29 is 5.11 Å². The Kier molecular flexibility index (Phi) is 5.48. The SMILES string of the molecule is CCN(CC)c1ccc(-c2n[nH]c(=S)n2N=Cc2ccccc2O)cc1. The second-order valence-electron chi connectivity index (χ2n) is 5.69. The lowest BCUT2D eigenvalue weighted by molar-refractivity contribution is 0.474. The minimum Gasteiger partial charge on any atom is -0.507 e. The Hall–Kier alpha value is -2.93. The van der Waals surface area contributed by atoms with E-state index in [1.807, 2.05) is 18.2 Å². The average Bonchev–Trinajstić information content (AvgIpc) is 3.03. The van der Waals surface area contributed by atoms with Crippen LogP contribution in [0.25, 0.3) is 11.4 Å². The van der Waals surface area contributed by atoms with Gasteiger partial charge in [-0.3, -0.25) is 0 Å². The number of hydrogen-bond donors (Lipinski definition) is 2. The fraction of sp³-hybridized carbons (Fsp3) is 0.211. The molecule has 0 fully saturated rings. The van der Waals surface area contributed by atoms with E-state index in [-0.39, 0.29) is 5.75 Å². The normalized spacial score (nSPS) is 11.2. The third-order valence-corrected chi connectivity index (χ3v) is 4.42. The summed E-state index contributed by atoms with van der Waals surface area (Å²) in [5, 5.41) is 21.3. The predicted molar refractivity (Wildman–Crippen MR) is 108 cm³/mol. The summed E-state index contributed by atoms with van der Waals surface area (Å²) in [6, 6.07) is 15.1. The lowest BCUT2D eigenvalue weighted by Crippen LogP contribution is -2.21. The number of aromatic amines is 1. The standard InChI is InChI=1S/C19H21N5OS/c1-3-23(4-2)16-11-9-14(10-12-16)18-21-22-19(26)24(18)20-13-15-7-5-6-8-17(15)25/h5-13,25H,3-4H2,1-2H3,(H,22,26). The van der Waals surface area contributed by atoms with Crippen LogP contribution < -0.4 is 4.90 Å². The van der Waals surface area contributed by atoms with E-state index in [2.05, 4.69) is 46.2 Å². The molecular weight excluding hydrogens is 346 g/mol. The zero-order valence-electron chi connectivity index (χ0n) is 14.8. The van der Waals surface area contributed by atoms with Gasteiger partial charge in [0.05, 0.1) is 6.21 Å². The van der Waals surface area contributed by atoms with Gasteiger partial charge in [-0.25, -0.2) is 5.10 Å². The predicted octanol–water partition coefficient (Wildman–Crippen LogP) is 4.04. The molecule has 1 heterocycles. The minimum atomic E-state index is 0.163. The summed E-state index contributed by atoms with van der Waals surface area (Å²) in [6.45, 7) is 6.19. The van der Waals surface area contributed by atoms with E-state index >= 15 is 0 Å². The van der Waals surface area contributed by atoms with Gasteiger partial charge >= 0.3 is 0 Å². The van der Waals surface area contributed by atoms with E-state index in [4.69, 9.17) is 12.2 Å². The molecule has 0 bridgehead atoms. The third kappa shape index (κ3) is 3.67. The molecule has 6 nitrogen and oxygen atoms in total. The molecule has 0 aliphatic rings. The number of nitrogens with zero attached hydrogens (tertiary/aromatic N) is 4. The molecule has 26 heavy (non-hydrogen) atoms. The fourth-order valence-corrected chi connectivity index (χ4v) is 2.89. The number of aromatic nitrogens is 3. The molecule has 0 atom stereocenters. The Morgan fingerprint density at radius 1 is 1.15 bits per heavy atom. The van der Waals surface area contributed by atoms with Crippen LogP contribution in [0.4, 0.5) is 5.69 Å². The Morgan fingerprint density at radius 3 is 2.50 bits per heavy atom. The highest BCUT2D eigenvalue weighted by Gasteiger charge is 2.09. The van der Waals surface area contributed by atoms with Gasteiger partial charge in [0, 0.05) is 29.9 Å². The third-order valence-electron chi connectivity index (χ3n) is 4.15. The average molecular weight is 367 g/mol. The van der Waals surface area contributed by atoms with Gasteiger partial charge in [-0.1, -0.05) is 12.1 Å². The highest BCUT2D eigenvalue weighted by molar-refractivity contribution is 7.71. The second-order valence-corrected chi connectivity index (χ2v) is 6.07. The molecule has 2 aromatic carbocycles. The molecule has 3 aromatic rings. The largest absolute Gasteiger partial charge is 0.507 e. The Labute approximate surface area is 157 Å². The van der Waals surface area contributed by atoms with Crippen molar-refractivity contribution in [1.29, 1.82) is 0 Å². The van der Waals surface area contributed by atoms with Crippen molar-refractivity contribution in [2.45, 2.75) is 13.8 Å². The molecule has 0 amide bonds. The van der Waals surface area contributed by atoms with Crippen molar-refractivity contribution in [3.05, 3.63) is 58.9 Å². The number of aromatic hydroxyl groups is 1. The molecular formula is C19H21N5OS. The van der Waals surface area contributed by atoms with Crippen LogP contribution in [-0.2, 0) is 0 Å². The Bertz CT molecular complexity index is 955. The zero-order chi connectivity index (χ0) is 18.5. The molecule has 3 rings (SSSR count). The van der Waals surface area contributed by atoms with E-state index in [0.29, 0.717) is 16.2 Å². The lowest BCUT2D eigenvalue weighted by atomic mass is 10.2. The molecule has 0 saturated heterocycles. The zero-order valence-corrected chi connectivity index (χ0v) is 15.6.